The fourth-order valence-corrected chi connectivity index (χ4v) is 2.89. The van der Waals surface area contributed by atoms with Gasteiger partial charge in [-0.2, -0.15) is 4.52 Å². The Morgan fingerprint density at radius 2 is 1.88 bits per heavy atom. The lowest BCUT2D eigenvalue weighted by atomic mass is 9.96. The van der Waals surface area contributed by atoms with Gasteiger partial charge in [-0.1, -0.05) is 32.0 Å². The van der Waals surface area contributed by atoms with E-state index in [0.717, 1.165) is 22.2 Å². The van der Waals surface area contributed by atoms with Gasteiger partial charge in [0.05, 0.1) is 13.2 Å². The standard InChI is InChI=1S/C18H21F2N5O/c1-11(2)10-13(12-6-4-5-7-14(12)26-3)21-15-8-9-16-22-23-18(17(19)20)25(16)24-15/h4-9,11,13,17H,10H2,1-3H3,(H,21,24). The molecule has 0 aliphatic rings. The summed E-state index contributed by atoms with van der Waals surface area (Å²) in [6.45, 7) is 4.24. The van der Waals surface area contributed by atoms with Gasteiger partial charge >= 0.3 is 0 Å². The minimum Gasteiger partial charge on any atom is -0.496 e. The zero-order valence-corrected chi connectivity index (χ0v) is 14.9. The minimum absolute atomic E-state index is 0.0809. The average molecular weight is 361 g/mol. The van der Waals surface area contributed by atoms with Gasteiger partial charge in [0, 0.05) is 5.56 Å². The zero-order valence-electron chi connectivity index (χ0n) is 14.9. The Balaban J connectivity index is 1.96. The summed E-state index contributed by atoms with van der Waals surface area (Å²) in [4.78, 5) is 0. The molecule has 0 amide bonds. The van der Waals surface area contributed by atoms with Gasteiger partial charge in [0.1, 0.15) is 11.6 Å². The summed E-state index contributed by atoms with van der Waals surface area (Å²) in [7, 11) is 1.63. The van der Waals surface area contributed by atoms with Crippen molar-refractivity contribution in [3.8, 4) is 5.75 Å². The molecule has 1 aromatic carbocycles. The Bertz CT molecular complexity index is 881. The van der Waals surface area contributed by atoms with E-state index in [0.29, 0.717) is 11.7 Å². The van der Waals surface area contributed by atoms with Gasteiger partial charge in [-0.05, 0) is 30.5 Å². The minimum atomic E-state index is -2.74. The molecule has 0 aliphatic carbocycles. The molecule has 2 heterocycles. The van der Waals surface area contributed by atoms with Crippen LogP contribution in [0.2, 0.25) is 0 Å². The molecule has 0 spiro atoms. The van der Waals surface area contributed by atoms with Crippen molar-refractivity contribution in [2.45, 2.75) is 32.7 Å². The number of benzene rings is 1. The molecule has 26 heavy (non-hydrogen) atoms. The van der Waals surface area contributed by atoms with Crippen LogP contribution in [0.3, 0.4) is 0 Å². The van der Waals surface area contributed by atoms with E-state index in [1.807, 2.05) is 24.3 Å². The van der Waals surface area contributed by atoms with E-state index < -0.39 is 12.2 Å². The highest BCUT2D eigenvalue weighted by Crippen LogP contribution is 2.32. The summed E-state index contributed by atoms with van der Waals surface area (Å²) >= 11 is 0. The summed E-state index contributed by atoms with van der Waals surface area (Å²) < 4.78 is 32.7. The van der Waals surface area contributed by atoms with E-state index in [9.17, 15) is 8.78 Å². The predicted octanol–water partition coefficient (Wildman–Crippen LogP) is 4.27. The molecule has 3 rings (SSSR count). The lowest BCUT2D eigenvalue weighted by Gasteiger charge is -2.23. The maximum absolute atomic E-state index is 13.1. The molecule has 0 fully saturated rings. The Kier molecular flexibility index (Phi) is 5.29. The molecule has 138 valence electrons. The van der Waals surface area contributed by atoms with Crippen LogP contribution in [0.5, 0.6) is 5.75 Å². The highest BCUT2D eigenvalue weighted by atomic mass is 19.3. The van der Waals surface area contributed by atoms with Gasteiger partial charge in [0.25, 0.3) is 6.43 Å². The number of fused-ring (bicyclic) bond motifs is 1. The molecule has 0 saturated heterocycles. The van der Waals surface area contributed by atoms with Gasteiger partial charge < -0.3 is 10.1 Å². The van der Waals surface area contributed by atoms with Gasteiger partial charge in [-0.3, -0.25) is 0 Å². The van der Waals surface area contributed by atoms with Crippen LogP contribution < -0.4 is 10.1 Å². The third kappa shape index (κ3) is 3.74. The number of rotatable bonds is 7. The van der Waals surface area contributed by atoms with E-state index in [-0.39, 0.29) is 11.7 Å². The predicted molar refractivity (Wildman–Crippen MR) is 94.6 cm³/mol. The highest BCUT2D eigenvalue weighted by Gasteiger charge is 2.20. The first-order valence-electron chi connectivity index (χ1n) is 8.39. The van der Waals surface area contributed by atoms with Gasteiger partial charge in [-0.15, -0.1) is 15.3 Å². The summed E-state index contributed by atoms with van der Waals surface area (Å²) in [6.07, 6.45) is -1.92. The second-order valence-electron chi connectivity index (χ2n) is 6.42. The van der Waals surface area contributed by atoms with E-state index in [4.69, 9.17) is 4.74 Å². The van der Waals surface area contributed by atoms with Crippen molar-refractivity contribution in [3.05, 3.63) is 47.8 Å². The largest absolute Gasteiger partial charge is 0.496 e. The monoisotopic (exact) mass is 361 g/mol. The van der Waals surface area contributed by atoms with Crippen LogP contribution in [0.1, 0.15) is 44.1 Å². The van der Waals surface area contributed by atoms with E-state index in [1.54, 1.807) is 19.2 Å². The number of anilines is 1. The Morgan fingerprint density at radius 1 is 1.12 bits per heavy atom. The lowest BCUT2D eigenvalue weighted by molar-refractivity contribution is 0.137. The quantitative estimate of drug-likeness (QED) is 0.681. The number of nitrogens with zero attached hydrogens (tertiary/aromatic N) is 4. The van der Waals surface area contributed by atoms with Crippen LogP contribution in [-0.4, -0.2) is 26.9 Å². The number of aromatic nitrogens is 4. The van der Waals surface area contributed by atoms with Crippen molar-refractivity contribution in [1.29, 1.82) is 0 Å². The number of methoxy groups -OCH3 is 1. The number of halogens is 2. The Morgan fingerprint density at radius 3 is 2.58 bits per heavy atom. The fraction of sp³-hybridized carbons (Fsp3) is 0.389. The number of alkyl halides is 2. The normalized spacial score (nSPS) is 12.7. The Hall–Kier alpha value is -2.77. The molecule has 0 saturated carbocycles. The smallest absolute Gasteiger partial charge is 0.299 e. The third-order valence-electron chi connectivity index (χ3n) is 4.03. The number of nitrogens with one attached hydrogen (secondary N) is 1. The SMILES string of the molecule is COc1ccccc1C(CC(C)C)Nc1ccc2nnc(C(F)F)n2n1. The molecule has 3 aromatic rings. The molecule has 2 aromatic heterocycles. The van der Waals surface area contributed by atoms with Crippen molar-refractivity contribution >= 4 is 11.5 Å². The first kappa shape index (κ1) is 18.0. The lowest BCUT2D eigenvalue weighted by Crippen LogP contribution is -2.16. The number of hydrogen-bond donors (Lipinski definition) is 1. The second-order valence-corrected chi connectivity index (χ2v) is 6.42. The molecule has 1 N–H and O–H groups in total. The van der Waals surface area contributed by atoms with Gasteiger partial charge in [0.2, 0.25) is 5.82 Å². The van der Waals surface area contributed by atoms with Crippen LogP contribution in [-0.2, 0) is 0 Å². The maximum Gasteiger partial charge on any atom is 0.299 e. The molecule has 6 nitrogen and oxygen atoms in total. The molecule has 8 heteroatoms. The molecule has 1 unspecified atom stereocenters. The van der Waals surface area contributed by atoms with E-state index in [2.05, 4.69) is 34.5 Å². The van der Waals surface area contributed by atoms with Crippen LogP contribution >= 0.6 is 0 Å². The van der Waals surface area contributed by atoms with E-state index >= 15 is 0 Å². The van der Waals surface area contributed by atoms with Crippen LogP contribution in [0.25, 0.3) is 5.65 Å². The molecular formula is C18H21F2N5O. The molecule has 0 radical (unpaired) electrons. The number of ether oxygens (including phenoxy) is 1. The molecule has 0 aliphatic heterocycles. The highest BCUT2D eigenvalue weighted by molar-refractivity contribution is 5.47. The first-order valence-corrected chi connectivity index (χ1v) is 8.39. The number of hydrogen-bond acceptors (Lipinski definition) is 5. The third-order valence-corrected chi connectivity index (χ3v) is 4.03. The zero-order chi connectivity index (χ0) is 18.7. The maximum atomic E-state index is 13.1. The topological polar surface area (TPSA) is 64.3 Å². The second kappa shape index (κ2) is 7.63. The van der Waals surface area contributed by atoms with Crippen LogP contribution in [0, 0.1) is 5.92 Å². The molecule has 0 bridgehead atoms. The van der Waals surface area contributed by atoms with Crippen molar-refractivity contribution in [3.63, 3.8) is 0 Å². The van der Waals surface area contributed by atoms with Gasteiger partial charge in [-0.25, -0.2) is 8.78 Å². The first-order chi connectivity index (χ1) is 12.5. The number of para-hydroxylation sites is 1. The van der Waals surface area contributed by atoms with Crippen molar-refractivity contribution in [2.75, 3.05) is 12.4 Å². The van der Waals surface area contributed by atoms with Crippen LogP contribution in [0.15, 0.2) is 36.4 Å². The van der Waals surface area contributed by atoms with Crippen LogP contribution in [0.4, 0.5) is 14.6 Å². The van der Waals surface area contributed by atoms with Crippen molar-refractivity contribution in [1.82, 2.24) is 19.8 Å². The molecular weight excluding hydrogens is 340 g/mol. The summed E-state index contributed by atoms with van der Waals surface area (Å²) in [5.74, 6) is 1.18. The summed E-state index contributed by atoms with van der Waals surface area (Å²) in [5.41, 5.74) is 1.27. The van der Waals surface area contributed by atoms with E-state index in [1.165, 1.54) is 0 Å². The average Bonchev–Trinajstić information content (AvgIpc) is 3.04. The van der Waals surface area contributed by atoms with Crippen molar-refractivity contribution in [2.24, 2.45) is 5.92 Å². The van der Waals surface area contributed by atoms with Gasteiger partial charge in [0.15, 0.2) is 5.65 Å². The Labute approximate surface area is 150 Å². The summed E-state index contributed by atoms with van der Waals surface area (Å²) in [6, 6.07) is 11.0. The van der Waals surface area contributed by atoms with Crippen molar-refractivity contribution < 1.29 is 13.5 Å². The summed E-state index contributed by atoms with van der Waals surface area (Å²) in [5, 5.41) is 14.8. The molecule has 1 atom stereocenters. The fourth-order valence-electron chi connectivity index (χ4n) is 2.89.